The fraction of sp³-hybridized carbons (Fsp3) is 0.500. The monoisotopic (exact) mass is 470 g/mol. The molecule has 0 saturated carbocycles. The van der Waals surface area contributed by atoms with Gasteiger partial charge in [0.1, 0.15) is 6.54 Å². The van der Waals surface area contributed by atoms with Gasteiger partial charge < -0.3 is 26.4 Å². The minimum Gasteiger partial charge on any atom is -1.00 e. The highest BCUT2D eigenvalue weighted by molar-refractivity contribution is 6.00. The number of hydrogen-bond acceptors (Lipinski definition) is 1. The Labute approximate surface area is 192 Å². The number of para-hydroxylation sites is 1. The minimum absolute atomic E-state index is 0. The third-order valence-electron chi connectivity index (χ3n) is 7.09. The molecule has 2 aliphatic heterocycles. The lowest BCUT2D eigenvalue weighted by Crippen LogP contribution is -3.00. The molecule has 0 aliphatic carbocycles. The lowest BCUT2D eigenvalue weighted by molar-refractivity contribution is -0.955. The standard InChI is InChI=1S/C26H35N2O.BrH/c1-21-12-11-13-22(2)25(21)27-17-16-24(26(27)29)28(18-9-4-3-5-10-19-28)20-23-14-7-6-8-15-23;/h6-8,11-15,24H,3-5,9-10,16-20H2,1-2H3;1H/q+1;/p-1. The second-order valence-corrected chi connectivity index (χ2v) is 9.11. The molecule has 2 aromatic rings. The van der Waals surface area contributed by atoms with Crippen LogP contribution in [-0.2, 0) is 11.3 Å². The summed E-state index contributed by atoms with van der Waals surface area (Å²) in [7, 11) is 0. The van der Waals surface area contributed by atoms with E-state index < -0.39 is 0 Å². The topological polar surface area (TPSA) is 20.3 Å². The summed E-state index contributed by atoms with van der Waals surface area (Å²) in [6.45, 7) is 8.36. The maximum atomic E-state index is 13.8. The number of likely N-dealkylation sites (tertiary alicyclic amines) is 1. The van der Waals surface area contributed by atoms with Crippen molar-refractivity contribution in [1.82, 2.24) is 0 Å². The Hall–Kier alpha value is -1.65. The highest BCUT2D eigenvalue weighted by Gasteiger charge is 2.48. The second-order valence-electron chi connectivity index (χ2n) is 9.11. The average molecular weight is 471 g/mol. The molecule has 4 rings (SSSR count). The quantitative estimate of drug-likeness (QED) is 0.628. The van der Waals surface area contributed by atoms with Crippen LogP contribution in [0.3, 0.4) is 0 Å². The number of quaternary nitrogens is 1. The fourth-order valence-corrected chi connectivity index (χ4v) is 5.65. The molecule has 2 aromatic carbocycles. The van der Waals surface area contributed by atoms with Crippen LogP contribution < -0.4 is 21.9 Å². The molecule has 0 bridgehead atoms. The number of carbonyl (C=O) groups is 1. The number of anilines is 1. The van der Waals surface area contributed by atoms with Gasteiger partial charge in [0.15, 0.2) is 6.04 Å². The maximum Gasteiger partial charge on any atom is 0.285 e. The Bertz CT molecular complexity index is 823. The molecule has 3 nitrogen and oxygen atoms in total. The van der Waals surface area contributed by atoms with E-state index in [0.29, 0.717) is 5.91 Å². The van der Waals surface area contributed by atoms with Crippen molar-refractivity contribution >= 4 is 11.6 Å². The zero-order valence-corrected chi connectivity index (χ0v) is 20.0. The molecule has 4 heteroatoms. The van der Waals surface area contributed by atoms with E-state index in [-0.39, 0.29) is 23.0 Å². The Morgan fingerprint density at radius 3 is 2.10 bits per heavy atom. The first kappa shape index (κ1) is 23.0. The molecule has 30 heavy (non-hydrogen) atoms. The molecule has 2 saturated heterocycles. The number of carbonyl (C=O) groups excluding carboxylic acids is 1. The van der Waals surface area contributed by atoms with Gasteiger partial charge in [-0.05, 0) is 50.7 Å². The number of halogens is 1. The molecule has 2 heterocycles. The first-order chi connectivity index (χ1) is 14.1. The highest BCUT2D eigenvalue weighted by Crippen LogP contribution is 2.35. The van der Waals surface area contributed by atoms with Crippen LogP contribution in [0, 0.1) is 13.8 Å². The molecular weight excluding hydrogens is 436 g/mol. The van der Waals surface area contributed by atoms with Crippen molar-refractivity contribution < 1.29 is 26.3 Å². The number of rotatable bonds is 4. The van der Waals surface area contributed by atoms with E-state index in [2.05, 4.69) is 67.3 Å². The van der Waals surface area contributed by atoms with Crippen molar-refractivity contribution in [2.24, 2.45) is 0 Å². The normalized spacial score (nSPS) is 21.6. The summed E-state index contributed by atoms with van der Waals surface area (Å²) in [4.78, 5) is 15.9. The van der Waals surface area contributed by atoms with Crippen LogP contribution in [-0.4, -0.2) is 36.1 Å². The predicted octanol–water partition coefficient (Wildman–Crippen LogP) is 2.39. The Balaban J connectivity index is 0.00000256. The molecule has 162 valence electrons. The van der Waals surface area contributed by atoms with Gasteiger partial charge >= 0.3 is 0 Å². The fourth-order valence-electron chi connectivity index (χ4n) is 5.65. The van der Waals surface area contributed by atoms with Crippen LogP contribution >= 0.6 is 0 Å². The van der Waals surface area contributed by atoms with Crippen LogP contribution in [0.4, 0.5) is 5.69 Å². The molecule has 0 radical (unpaired) electrons. The average Bonchev–Trinajstić information content (AvgIpc) is 3.07. The van der Waals surface area contributed by atoms with E-state index in [1.54, 1.807) is 0 Å². The Kier molecular flexibility index (Phi) is 7.75. The van der Waals surface area contributed by atoms with Gasteiger partial charge in [-0.3, -0.25) is 4.79 Å². The van der Waals surface area contributed by atoms with Crippen LogP contribution in [0.2, 0.25) is 0 Å². The molecule has 2 fully saturated rings. The van der Waals surface area contributed by atoms with E-state index in [0.717, 1.165) is 42.8 Å². The van der Waals surface area contributed by atoms with Crippen molar-refractivity contribution in [3.8, 4) is 0 Å². The van der Waals surface area contributed by atoms with Crippen LogP contribution in [0.5, 0.6) is 0 Å². The third-order valence-corrected chi connectivity index (χ3v) is 7.09. The first-order valence-electron chi connectivity index (χ1n) is 11.4. The van der Waals surface area contributed by atoms with Gasteiger partial charge in [0.25, 0.3) is 5.91 Å². The lowest BCUT2D eigenvalue weighted by atomic mass is 10.00. The molecule has 1 amide bonds. The number of nitrogens with zero attached hydrogens (tertiary/aromatic N) is 2. The summed E-state index contributed by atoms with van der Waals surface area (Å²) in [5, 5.41) is 0. The summed E-state index contributed by atoms with van der Waals surface area (Å²) in [6.07, 6.45) is 7.39. The van der Waals surface area contributed by atoms with Gasteiger partial charge in [-0.2, -0.15) is 0 Å². The largest absolute Gasteiger partial charge is 1.00 e. The molecule has 0 N–H and O–H groups in total. The van der Waals surface area contributed by atoms with Gasteiger partial charge in [0.2, 0.25) is 0 Å². The lowest BCUT2D eigenvalue weighted by Gasteiger charge is -2.44. The summed E-state index contributed by atoms with van der Waals surface area (Å²) in [5.41, 5.74) is 4.93. The van der Waals surface area contributed by atoms with E-state index in [1.165, 1.54) is 48.8 Å². The first-order valence-corrected chi connectivity index (χ1v) is 11.4. The molecule has 1 unspecified atom stereocenters. The van der Waals surface area contributed by atoms with Crippen LogP contribution in [0.25, 0.3) is 0 Å². The summed E-state index contributed by atoms with van der Waals surface area (Å²) in [5.74, 6) is 0.346. The summed E-state index contributed by atoms with van der Waals surface area (Å²) >= 11 is 0. The van der Waals surface area contributed by atoms with Crippen molar-refractivity contribution in [2.75, 3.05) is 24.5 Å². The van der Waals surface area contributed by atoms with Gasteiger partial charge in [-0.1, -0.05) is 55.0 Å². The Morgan fingerprint density at radius 1 is 0.867 bits per heavy atom. The molecular formula is C26H35BrN2O. The van der Waals surface area contributed by atoms with Crippen molar-refractivity contribution in [3.63, 3.8) is 0 Å². The second kappa shape index (κ2) is 10.1. The predicted molar refractivity (Wildman–Crippen MR) is 120 cm³/mol. The van der Waals surface area contributed by atoms with Crippen molar-refractivity contribution in [3.05, 3.63) is 65.2 Å². The van der Waals surface area contributed by atoms with E-state index in [1.807, 2.05) is 0 Å². The van der Waals surface area contributed by atoms with Gasteiger partial charge in [-0.15, -0.1) is 0 Å². The highest BCUT2D eigenvalue weighted by atomic mass is 79.9. The maximum absolute atomic E-state index is 13.8. The van der Waals surface area contributed by atoms with Crippen molar-refractivity contribution in [1.29, 1.82) is 0 Å². The number of aryl methyl sites for hydroxylation is 2. The van der Waals surface area contributed by atoms with E-state index in [9.17, 15) is 4.79 Å². The molecule has 2 aliphatic rings. The molecule has 0 aromatic heterocycles. The zero-order valence-electron chi connectivity index (χ0n) is 18.4. The third kappa shape index (κ3) is 4.65. The van der Waals surface area contributed by atoms with Crippen LogP contribution in [0.1, 0.15) is 55.2 Å². The molecule has 1 atom stereocenters. The van der Waals surface area contributed by atoms with Crippen molar-refractivity contribution in [2.45, 2.75) is 65.0 Å². The van der Waals surface area contributed by atoms with Crippen LogP contribution in [0.15, 0.2) is 48.5 Å². The number of amides is 1. The summed E-state index contributed by atoms with van der Waals surface area (Å²) < 4.78 is 0.949. The number of benzene rings is 2. The van der Waals surface area contributed by atoms with Gasteiger partial charge in [-0.25, -0.2) is 0 Å². The van der Waals surface area contributed by atoms with E-state index in [4.69, 9.17) is 0 Å². The van der Waals surface area contributed by atoms with E-state index >= 15 is 0 Å². The minimum atomic E-state index is 0. The summed E-state index contributed by atoms with van der Waals surface area (Å²) in [6, 6.07) is 17.3. The van der Waals surface area contributed by atoms with Gasteiger partial charge in [0, 0.05) is 24.2 Å². The Morgan fingerprint density at radius 2 is 1.47 bits per heavy atom. The van der Waals surface area contributed by atoms with Gasteiger partial charge in [0.05, 0.1) is 13.1 Å². The SMILES string of the molecule is Cc1cccc(C)c1N1CCC([N+]2(Cc3ccccc3)CCCCCCC2)C1=O.[Br-]. The zero-order chi connectivity index (χ0) is 20.3. The smallest absolute Gasteiger partial charge is 0.285 e. The number of hydrogen-bond donors (Lipinski definition) is 0. The molecule has 0 spiro atoms.